The smallest absolute Gasteiger partial charge is 0.317 e. The number of ether oxygens (including phenoxy) is 2. The SMILES string of the molecule is CCCCC(CC)CNC(=O)N1CCC(Oc2ccccc2OCC)CC1. The Morgan fingerprint density at radius 2 is 1.89 bits per heavy atom. The highest BCUT2D eigenvalue weighted by molar-refractivity contribution is 5.74. The average Bonchev–Trinajstić information content (AvgIpc) is 2.70. The Bertz CT molecular complexity index is 556. The molecule has 0 saturated carbocycles. The first-order valence-corrected chi connectivity index (χ1v) is 10.6. The molecule has 5 heteroatoms. The summed E-state index contributed by atoms with van der Waals surface area (Å²) >= 11 is 0. The molecule has 5 nitrogen and oxygen atoms in total. The largest absolute Gasteiger partial charge is 0.490 e. The van der Waals surface area contributed by atoms with Gasteiger partial charge in [0.05, 0.1) is 6.61 Å². The first kappa shape index (κ1) is 21.4. The molecule has 0 radical (unpaired) electrons. The predicted octanol–water partition coefficient (Wildman–Crippen LogP) is 4.85. The minimum atomic E-state index is 0.0677. The number of nitrogens with zero attached hydrogens (tertiary/aromatic N) is 1. The fourth-order valence-electron chi connectivity index (χ4n) is 3.47. The lowest BCUT2D eigenvalue weighted by molar-refractivity contribution is 0.107. The van der Waals surface area contributed by atoms with Crippen LogP contribution in [0, 0.1) is 5.92 Å². The van der Waals surface area contributed by atoms with Crippen molar-refractivity contribution in [3.05, 3.63) is 24.3 Å². The van der Waals surface area contributed by atoms with E-state index in [0.717, 1.165) is 50.4 Å². The molecule has 0 spiro atoms. The van der Waals surface area contributed by atoms with Crippen LogP contribution < -0.4 is 14.8 Å². The molecule has 2 rings (SSSR count). The molecule has 27 heavy (non-hydrogen) atoms. The van der Waals surface area contributed by atoms with Crippen molar-refractivity contribution in [1.29, 1.82) is 0 Å². The van der Waals surface area contributed by atoms with Crippen LogP contribution in [0.4, 0.5) is 4.79 Å². The molecule has 1 heterocycles. The molecule has 1 aliphatic rings. The van der Waals surface area contributed by atoms with E-state index < -0.39 is 0 Å². The Kier molecular flexibility index (Phi) is 9.29. The van der Waals surface area contributed by atoms with Crippen molar-refractivity contribution in [2.24, 2.45) is 5.92 Å². The number of urea groups is 1. The maximum atomic E-state index is 12.5. The number of hydrogen-bond donors (Lipinski definition) is 1. The summed E-state index contributed by atoms with van der Waals surface area (Å²) in [6, 6.07) is 7.87. The molecule has 1 atom stereocenters. The number of amides is 2. The minimum Gasteiger partial charge on any atom is -0.490 e. The van der Waals surface area contributed by atoms with Crippen LogP contribution in [0.15, 0.2) is 24.3 Å². The van der Waals surface area contributed by atoms with E-state index in [4.69, 9.17) is 9.47 Å². The molecule has 1 aromatic rings. The van der Waals surface area contributed by atoms with Crippen LogP contribution >= 0.6 is 0 Å². The second kappa shape index (κ2) is 11.7. The number of unbranched alkanes of at least 4 members (excludes halogenated alkanes) is 1. The topological polar surface area (TPSA) is 50.8 Å². The summed E-state index contributed by atoms with van der Waals surface area (Å²) in [7, 11) is 0. The Hall–Kier alpha value is -1.91. The summed E-state index contributed by atoms with van der Waals surface area (Å²) in [5.74, 6) is 2.17. The number of rotatable bonds is 10. The summed E-state index contributed by atoms with van der Waals surface area (Å²) in [5, 5.41) is 3.13. The number of benzene rings is 1. The zero-order chi connectivity index (χ0) is 19.5. The Labute approximate surface area is 164 Å². The maximum Gasteiger partial charge on any atom is 0.317 e. The molecule has 0 bridgehead atoms. The number of likely N-dealkylation sites (tertiary alicyclic amines) is 1. The number of carbonyl (C=O) groups excluding carboxylic acids is 1. The molecule has 0 aliphatic carbocycles. The second-order valence-corrected chi connectivity index (χ2v) is 7.29. The van der Waals surface area contributed by atoms with Gasteiger partial charge in [-0.3, -0.25) is 0 Å². The van der Waals surface area contributed by atoms with Gasteiger partial charge in [0, 0.05) is 32.5 Å². The summed E-state index contributed by atoms with van der Waals surface area (Å²) in [6.45, 7) is 9.26. The summed E-state index contributed by atoms with van der Waals surface area (Å²) in [4.78, 5) is 14.4. The third-order valence-electron chi connectivity index (χ3n) is 5.26. The summed E-state index contributed by atoms with van der Waals surface area (Å²) < 4.78 is 11.8. The molecule has 0 aromatic heterocycles. The standard InChI is InChI=1S/C22H36N2O3/c1-4-7-10-18(5-2)17-23-22(25)24-15-13-19(14-16-24)27-21-12-9-8-11-20(21)26-6-3/h8-9,11-12,18-19H,4-7,10,13-17H2,1-3H3,(H,23,25). The second-order valence-electron chi connectivity index (χ2n) is 7.29. The Morgan fingerprint density at radius 1 is 1.19 bits per heavy atom. The molecule has 1 aromatic carbocycles. The molecule has 152 valence electrons. The summed E-state index contributed by atoms with van der Waals surface area (Å²) in [6.07, 6.45) is 6.59. The third-order valence-corrected chi connectivity index (χ3v) is 5.26. The van der Waals surface area contributed by atoms with E-state index in [0.29, 0.717) is 12.5 Å². The number of para-hydroxylation sites is 2. The van der Waals surface area contributed by atoms with Gasteiger partial charge in [-0.1, -0.05) is 45.2 Å². The van der Waals surface area contributed by atoms with Crippen LogP contribution in [0.1, 0.15) is 59.3 Å². The van der Waals surface area contributed by atoms with Gasteiger partial charge in [0.25, 0.3) is 0 Å². The number of carbonyl (C=O) groups is 1. The lowest BCUT2D eigenvalue weighted by atomic mass is 9.99. The van der Waals surface area contributed by atoms with Gasteiger partial charge in [0.15, 0.2) is 11.5 Å². The van der Waals surface area contributed by atoms with E-state index in [9.17, 15) is 4.79 Å². The van der Waals surface area contributed by atoms with Crippen molar-refractivity contribution in [2.75, 3.05) is 26.2 Å². The fraction of sp³-hybridized carbons (Fsp3) is 0.682. The van der Waals surface area contributed by atoms with Crippen LogP contribution in [0.25, 0.3) is 0 Å². The Balaban J connectivity index is 1.75. The molecule has 1 saturated heterocycles. The van der Waals surface area contributed by atoms with Crippen molar-refractivity contribution >= 4 is 6.03 Å². The van der Waals surface area contributed by atoms with Crippen LogP contribution in [0.2, 0.25) is 0 Å². The molecular weight excluding hydrogens is 340 g/mol. The lowest BCUT2D eigenvalue weighted by Crippen LogP contribution is -2.47. The first-order chi connectivity index (χ1) is 13.2. The highest BCUT2D eigenvalue weighted by atomic mass is 16.5. The zero-order valence-corrected chi connectivity index (χ0v) is 17.2. The van der Waals surface area contributed by atoms with E-state index in [2.05, 4.69) is 19.2 Å². The quantitative estimate of drug-likeness (QED) is 0.635. The van der Waals surface area contributed by atoms with Crippen molar-refractivity contribution in [1.82, 2.24) is 10.2 Å². The molecular formula is C22H36N2O3. The minimum absolute atomic E-state index is 0.0677. The molecule has 1 unspecified atom stereocenters. The van der Waals surface area contributed by atoms with E-state index >= 15 is 0 Å². The number of nitrogens with one attached hydrogen (secondary N) is 1. The van der Waals surface area contributed by atoms with E-state index in [1.807, 2.05) is 36.1 Å². The molecule has 1 fully saturated rings. The lowest BCUT2D eigenvalue weighted by Gasteiger charge is -2.32. The maximum absolute atomic E-state index is 12.5. The first-order valence-electron chi connectivity index (χ1n) is 10.6. The third kappa shape index (κ3) is 6.96. The van der Waals surface area contributed by atoms with Crippen molar-refractivity contribution in [3.63, 3.8) is 0 Å². The Morgan fingerprint density at radius 3 is 2.52 bits per heavy atom. The normalized spacial score (nSPS) is 16.0. The van der Waals surface area contributed by atoms with Gasteiger partial charge in [-0.15, -0.1) is 0 Å². The fourth-order valence-corrected chi connectivity index (χ4v) is 3.47. The molecule has 1 N–H and O–H groups in total. The monoisotopic (exact) mass is 376 g/mol. The zero-order valence-electron chi connectivity index (χ0n) is 17.2. The van der Waals surface area contributed by atoms with Gasteiger partial charge < -0.3 is 19.7 Å². The van der Waals surface area contributed by atoms with Crippen molar-refractivity contribution in [3.8, 4) is 11.5 Å². The van der Waals surface area contributed by atoms with Crippen molar-refractivity contribution in [2.45, 2.75) is 65.4 Å². The van der Waals surface area contributed by atoms with Crippen LogP contribution in [0.5, 0.6) is 11.5 Å². The van der Waals surface area contributed by atoms with Crippen LogP contribution in [-0.2, 0) is 0 Å². The predicted molar refractivity (Wildman–Crippen MR) is 110 cm³/mol. The average molecular weight is 377 g/mol. The van der Waals surface area contributed by atoms with Gasteiger partial charge in [-0.05, 0) is 31.4 Å². The number of hydrogen-bond acceptors (Lipinski definition) is 3. The van der Waals surface area contributed by atoms with Gasteiger partial charge in [-0.25, -0.2) is 4.79 Å². The van der Waals surface area contributed by atoms with Gasteiger partial charge >= 0.3 is 6.03 Å². The highest BCUT2D eigenvalue weighted by Gasteiger charge is 2.24. The summed E-state index contributed by atoms with van der Waals surface area (Å²) in [5.41, 5.74) is 0. The van der Waals surface area contributed by atoms with E-state index in [-0.39, 0.29) is 12.1 Å². The molecule has 1 aliphatic heterocycles. The van der Waals surface area contributed by atoms with Gasteiger partial charge in [0.2, 0.25) is 0 Å². The van der Waals surface area contributed by atoms with Crippen molar-refractivity contribution < 1.29 is 14.3 Å². The van der Waals surface area contributed by atoms with Gasteiger partial charge in [-0.2, -0.15) is 0 Å². The van der Waals surface area contributed by atoms with Crippen LogP contribution in [-0.4, -0.2) is 43.3 Å². The van der Waals surface area contributed by atoms with Crippen LogP contribution in [0.3, 0.4) is 0 Å². The van der Waals surface area contributed by atoms with E-state index in [1.54, 1.807) is 0 Å². The number of piperidine rings is 1. The van der Waals surface area contributed by atoms with Gasteiger partial charge in [0.1, 0.15) is 6.10 Å². The highest BCUT2D eigenvalue weighted by Crippen LogP contribution is 2.29. The molecule has 2 amide bonds. The van der Waals surface area contributed by atoms with E-state index in [1.165, 1.54) is 19.3 Å².